The molecule has 0 radical (unpaired) electrons. The molecule has 8 heteroatoms. The summed E-state index contributed by atoms with van der Waals surface area (Å²) in [5.41, 5.74) is 4.73. The molecule has 1 atom stereocenters. The fraction of sp³-hybridized carbons (Fsp3) is 0.444. The van der Waals surface area contributed by atoms with Gasteiger partial charge in [-0.3, -0.25) is 4.79 Å². The van der Waals surface area contributed by atoms with Gasteiger partial charge in [0.05, 0.1) is 6.61 Å². The van der Waals surface area contributed by atoms with Gasteiger partial charge in [0.15, 0.2) is 6.04 Å². The van der Waals surface area contributed by atoms with Crippen molar-refractivity contribution in [2.24, 2.45) is 11.8 Å². The van der Waals surface area contributed by atoms with E-state index in [1.807, 2.05) is 24.3 Å². The number of carboxylic acids is 1. The Bertz CT molecular complexity index is 1020. The second kappa shape index (κ2) is 11.4. The number of nitrogens with one attached hydrogen (secondary N) is 2. The fourth-order valence-corrected chi connectivity index (χ4v) is 5.14. The molecule has 0 aromatic heterocycles. The first-order valence-electron chi connectivity index (χ1n) is 12.1. The van der Waals surface area contributed by atoms with Gasteiger partial charge in [0, 0.05) is 25.5 Å². The van der Waals surface area contributed by atoms with Crippen LogP contribution in [0.2, 0.25) is 0 Å². The maximum Gasteiger partial charge on any atom is 0.407 e. The lowest BCUT2D eigenvalue weighted by Crippen LogP contribution is -2.47. The number of fused-ring (bicyclic) bond motifs is 3. The Labute approximate surface area is 205 Å². The molecular weight excluding hydrogens is 448 g/mol. The van der Waals surface area contributed by atoms with Crippen molar-refractivity contribution in [3.8, 4) is 11.1 Å². The standard InChI is InChI=1S/C27H32N2O6/c1-34-16-24(26(31)32)29-25(30)18-12-10-17(11-13-18)14-28-27(33)35-15-23-21-8-4-2-6-19(21)20-7-3-5-9-22(20)23/h2-9,17-18,23-24H,10-16H2,1H3,(H,28,33)(H,29,30)(H,31,32)/t17?,18?,24-/m0/s1. The minimum atomic E-state index is -1.11. The third kappa shape index (κ3) is 5.82. The van der Waals surface area contributed by atoms with Gasteiger partial charge in [-0.15, -0.1) is 0 Å². The first kappa shape index (κ1) is 24.7. The van der Waals surface area contributed by atoms with Gasteiger partial charge in [-0.05, 0) is 53.9 Å². The second-order valence-corrected chi connectivity index (χ2v) is 9.28. The van der Waals surface area contributed by atoms with Crippen molar-refractivity contribution in [1.82, 2.24) is 10.6 Å². The number of ether oxygens (including phenoxy) is 2. The average molecular weight is 481 g/mol. The smallest absolute Gasteiger partial charge is 0.407 e. The van der Waals surface area contributed by atoms with Crippen LogP contribution in [0.5, 0.6) is 0 Å². The van der Waals surface area contributed by atoms with Crippen LogP contribution >= 0.6 is 0 Å². The summed E-state index contributed by atoms with van der Waals surface area (Å²) in [4.78, 5) is 36.1. The molecule has 0 saturated heterocycles. The lowest BCUT2D eigenvalue weighted by Gasteiger charge is -2.28. The van der Waals surface area contributed by atoms with E-state index in [0.717, 1.165) is 12.8 Å². The van der Waals surface area contributed by atoms with Crippen LogP contribution in [0.1, 0.15) is 42.7 Å². The molecule has 2 aromatic rings. The van der Waals surface area contributed by atoms with E-state index in [0.29, 0.717) is 19.4 Å². The summed E-state index contributed by atoms with van der Waals surface area (Å²) in [6, 6.07) is 15.4. The Kier molecular flexibility index (Phi) is 8.02. The van der Waals surface area contributed by atoms with Gasteiger partial charge in [-0.1, -0.05) is 48.5 Å². The molecule has 0 heterocycles. The Morgan fingerprint density at radius 2 is 1.57 bits per heavy atom. The summed E-state index contributed by atoms with van der Waals surface area (Å²) in [5, 5.41) is 14.6. The summed E-state index contributed by atoms with van der Waals surface area (Å²) >= 11 is 0. The van der Waals surface area contributed by atoms with Gasteiger partial charge in [0.1, 0.15) is 6.61 Å². The van der Waals surface area contributed by atoms with E-state index < -0.39 is 18.1 Å². The highest BCUT2D eigenvalue weighted by atomic mass is 16.5. The minimum absolute atomic E-state index is 0.0230. The Balaban J connectivity index is 1.21. The van der Waals surface area contributed by atoms with Crippen LogP contribution in [-0.4, -0.2) is 56.0 Å². The zero-order valence-electron chi connectivity index (χ0n) is 19.9. The predicted molar refractivity (Wildman–Crippen MR) is 130 cm³/mol. The van der Waals surface area contributed by atoms with E-state index in [1.54, 1.807) is 0 Å². The van der Waals surface area contributed by atoms with Crippen LogP contribution in [0.4, 0.5) is 4.79 Å². The Morgan fingerprint density at radius 3 is 2.14 bits per heavy atom. The van der Waals surface area contributed by atoms with E-state index in [9.17, 15) is 19.5 Å². The molecule has 2 aliphatic rings. The predicted octanol–water partition coefficient (Wildman–Crippen LogP) is 3.55. The van der Waals surface area contributed by atoms with Crippen LogP contribution in [0.3, 0.4) is 0 Å². The summed E-state index contributed by atoms with van der Waals surface area (Å²) in [6.45, 7) is 0.700. The summed E-state index contributed by atoms with van der Waals surface area (Å²) in [7, 11) is 1.40. The maximum atomic E-state index is 12.4. The highest BCUT2D eigenvalue weighted by Gasteiger charge is 2.31. The molecule has 0 bridgehead atoms. The van der Waals surface area contributed by atoms with E-state index >= 15 is 0 Å². The van der Waals surface area contributed by atoms with Crippen molar-refractivity contribution in [1.29, 1.82) is 0 Å². The number of carbonyl (C=O) groups is 3. The van der Waals surface area contributed by atoms with Crippen molar-refractivity contribution in [3.05, 3.63) is 59.7 Å². The number of carbonyl (C=O) groups excluding carboxylic acids is 2. The van der Waals surface area contributed by atoms with E-state index in [-0.39, 0.29) is 36.9 Å². The number of alkyl carbamates (subject to hydrolysis) is 1. The molecule has 1 saturated carbocycles. The van der Waals surface area contributed by atoms with Crippen LogP contribution in [0.25, 0.3) is 11.1 Å². The monoisotopic (exact) mass is 480 g/mol. The molecule has 0 spiro atoms. The van der Waals surface area contributed by atoms with E-state index in [2.05, 4.69) is 34.9 Å². The molecule has 186 valence electrons. The molecule has 0 aliphatic heterocycles. The summed E-state index contributed by atoms with van der Waals surface area (Å²) < 4.78 is 10.5. The number of methoxy groups -OCH3 is 1. The summed E-state index contributed by atoms with van der Waals surface area (Å²) in [6.07, 6.45) is 2.44. The van der Waals surface area contributed by atoms with Gasteiger partial charge in [-0.2, -0.15) is 0 Å². The number of hydrogen-bond donors (Lipinski definition) is 3. The molecule has 1 fully saturated rings. The Hall–Kier alpha value is -3.39. The number of benzene rings is 2. The normalized spacial score (nSPS) is 19.8. The van der Waals surface area contributed by atoms with Gasteiger partial charge in [-0.25, -0.2) is 9.59 Å². The molecular formula is C27H32N2O6. The van der Waals surface area contributed by atoms with Crippen molar-refractivity contribution >= 4 is 18.0 Å². The zero-order valence-corrected chi connectivity index (χ0v) is 19.9. The second-order valence-electron chi connectivity index (χ2n) is 9.28. The molecule has 2 aromatic carbocycles. The van der Waals surface area contributed by atoms with Crippen LogP contribution in [0, 0.1) is 11.8 Å². The van der Waals surface area contributed by atoms with E-state index in [4.69, 9.17) is 9.47 Å². The lowest BCUT2D eigenvalue weighted by atomic mass is 9.81. The minimum Gasteiger partial charge on any atom is -0.480 e. The van der Waals surface area contributed by atoms with Gasteiger partial charge in [0.2, 0.25) is 5.91 Å². The quantitative estimate of drug-likeness (QED) is 0.506. The van der Waals surface area contributed by atoms with Crippen molar-refractivity contribution in [3.63, 3.8) is 0 Å². The van der Waals surface area contributed by atoms with Crippen molar-refractivity contribution in [2.75, 3.05) is 26.9 Å². The fourth-order valence-electron chi connectivity index (χ4n) is 5.14. The SMILES string of the molecule is COC[C@H](NC(=O)C1CCC(CNC(=O)OCC2c3ccccc3-c3ccccc32)CC1)C(=O)O. The van der Waals surface area contributed by atoms with Crippen LogP contribution < -0.4 is 10.6 Å². The molecule has 8 nitrogen and oxygen atoms in total. The summed E-state index contributed by atoms with van der Waals surface area (Å²) in [5.74, 6) is -1.30. The van der Waals surface area contributed by atoms with E-state index in [1.165, 1.54) is 29.4 Å². The molecule has 0 unspecified atom stereocenters. The van der Waals surface area contributed by atoms with Gasteiger partial charge < -0.3 is 25.2 Å². The molecule has 2 aliphatic carbocycles. The number of rotatable bonds is 9. The third-order valence-electron chi connectivity index (χ3n) is 7.04. The zero-order chi connectivity index (χ0) is 24.8. The number of hydrogen-bond acceptors (Lipinski definition) is 5. The molecule has 2 amide bonds. The Morgan fingerprint density at radius 1 is 0.971 bits per heavy atom. The number of aliphatic carboxylic acids is 1. The van der Waals surface area contributed by atoms with Crippen molar-refractivity contribution < 1.29 is 29.0 Å². The highest BCUT2D eigenvalue weighted by Crippen LogP contribution is 2.44. The van der Waals surface area contributed by atoms with Crippen LogP contribution in [0.15, 0.2) is 48.5 Å². The molecule has 35 heavy (non-hydrogen) atoms. The maximum absolute atomic E-state index is 12.4. The first-order valence-corrected chi connectivity index (χ1v) is 12.1. The largest absolute Gasteiger partial charge is 0.480 e. The number of carboxylic acid groups (broad SMARTS) is 1. The van der Waals surface area contributed by atoms with Gasteiger partial charge >= 0.3 is 12.1 Å². The lowest BCUT2D eigenvalue weighted by molar-refractivity contribution is -0.144. The third-order valence-corrected chi connectivity index (χ3v) is 7.04. The average Bonchev–Trinajstić information content (AvgIpc) is 3.20. The molecule has 4 rings (SSSR count). The molecule has 3 N–H and O–H groups in total. The highest BCUT2D eigenvalue weighted by molar-refractivity contribution is 5.85. The first-order chi connectivity index (χ1) is 17.0. The van der Waals surface area contributed by atoms with Crippen molar-refractivity contribution in [2.45, 2.75) is 37.6 Å². The topological polar surface area (TPSA) is 114 Å². The van der Waals surface area contributed by atoms with Gasteiger partial charge in [0.25, 0.3) is 0 Å². The van der Waals surface area contributed by atoms with Crippen LogP contribution in [-0.2, 0) is 19.1 Å². The number of amides is 2.